The van der Waals surface area contributed by atoms with Gasteiger partial charge in [-0.2, -0.15) is 0 Å². The number of carbonyl (C=O) groups excluding carboxylic acids is 1. The summed E-state index contributed by atoms with van der Waals surface area (Å²) in [7, 11) is 0. The summed E-state index contributed by atoms with van der Waals surface area (Å²) in [5.74, 6) is 2.21. The van der Waals surface area contributed by atoms with Crippen LogP contribution in [0.4, 0.5) is 4.79 Å². The maximum atomic E-state index is 11.7. The van der Waals surface area contributed by atoms with Gasteiger partial charge < -0.3 is 15.4 Å². The number of fused-ring (bicyclic) bond motifs is 1. The van der Waals surface area contributed by atoms with Crippen LogP contribution in [0.1, 0.15) is 34.1 Å². The van der Waals surface area contributed by atoms with E-state index >= 15 is 0 Å². The summed E-state index contributed by atoms with van der Waals surface area (Å²) in [6.45, 7) is 10.0. The molecule has 1 saturated carbocycles. The van der Waals surface area contributed by atoms with E-state index in [0.717, 1.165) is 31.3 Å². The second-order valence-electron chi connectivity index (χ2n) is 6.22. The standard InChI is InChI=1S/C13H24N2O2/c1-5-10(11-8-6-14-7-9(8)11)15-12(16)17-13(2,3)4/h8-11,14H,5-7H2,1-4H3,(H,15,16)/t8-,9-,10-/m0/s1. The topological polar surface area (TPSA) is 50.4 Å². The van der Waals surface area contributed by atoms with Gasteiger partial charge in [0, 0.05) is 6.04 Å². The monoisotopic (exact) mass is 240 g/mol. The molecule has 0 unspecified atom stereocenters. The lowest BCUT2D eigenvalue weighted by molar-refractivity contribution is 0.0493. The molecule has 0 aromatic rings. The van der Waals surface area contributed by atoms with E-state index in [1.807, 2.05) is 20.8 Å². The fourth-order valence-corrected chi connectivity index (χ4v) is 2.99. The zero-order valence-corrected chi connectivity index (χ0v) is 11.2. The molecule has 3 atom stereocenters. The highest BCUT2D eigenvalue weighted by Crippen LogP contribution is 2.51. The predicted octanol–water partition coefficient (Wildman–Crippen LogP) is 1.76. The molecule has 1 heterocycles. The number of hydrogen-bond acceptors (Lipinski definition) is 3. The molecule has 1 aliphatic carbocycles. The number of piperidine rings is 1. The molecule has 1 aliphatic heterocycles. The number of hydrogen-bond donors (Lipinski definition) is 2. The fraction of sp³-hybridized carbons (Fsp3) is 0.923. The molecule has 2 N–H and O–H groups in total. The first-order chi connectivity index (χ1) is 7.92. The summed E-state index contributed by atoms with van der Waals surface area (Å²) in [6, 6.07) is 0.280. The van der Waals surface area contributed by atoms with Crippen LogP contribution >= 0.6 is 0 Å². The van der Waals surface area contributed by atoms with Gasteiger partial charge in [-0.25, -0.2) is 4.79 Å². The molecule has 98 valence electrons. The van der Waals surface area contributed by atoms with Crippen LogP contribution in [0.25, 0.3) is 0 Å². The molecule has 17 heavy (non-hydrogen) atoms. The van der Waals surface area contributed by atoms with Crippen molar-refractivity contribution in [3.05, 3.63) is 0 Å². The summed E-state index contributed by atoms with van der Waals surface area (Å²) >= 11 is 0. The third-order valence-electron chi connectivity index (χ3n) is 3.76. The normalized spacial score (nSPS) is 32.8. The Balaban J connectivity index is 1.82. The minimum Gasteiger partial charge on any atom is -0.444 e. The number of amides is 1. The van der Waals surface area contributed by atoms with Crippen LogP contribution in [0, 0.1) is 17.8 Å². The van der Waals surface area contributed by atoms with Gasteiger partial charge in [0.25, 0.3) is 0 Å². The van der Waals surface area contributed by atoms with Crippen LogP contribution in [0.3, 0.4) is 0 Å². The fourth-order valence-electron chi connectivity index (χ4n) is 2.99. The molecule has 0 aromatic heterocycles. The molecule has 0 radical (unpaired) electrons. The summed E-state index contributed by atoms with van der Waals surface area (Å²) < 4.78 is 5.30. The van der Waals surface area contributed by atoms with Crippen molar-refractivity contribution in [2.75, 3.05) is 13.1 Å². The van der Waals surface area contributed by atoms with Crippen LogP contribution in [-0.2, 0) is 4.74 Å². The third-order valence-corrected chi connectivity index (χ3v) is 3.76. The molecular formula is C13H24N2O2. The molecule has 1 amide bonds. The van der Waals surface area contributed by atoms with Crippen molar-refractivity contribution >= 4 is 6.09 Å². The summed E-state index contributed by atoms with van der Waals surface area (Å²) in [5.41, 5.74) is -0.413. The molecule has 0 aromatic carbocycles. The molecule has 0 bridgehead atoms. The van der Waals surface area contributed by atoms with Gasteiger partial charge in [0.1, 0.15) is 5.60 Å². The average molecular weight is 240 g/mol. The number of rotatable bonds is 3. The zero-order valence-electron chi connectivity index (χ0n) is 11.2. The summed E-state index contributed by atoms with van der Waals surface area (Å²) in [4.78, 5) is 11.7. The van der Waals surface area contributed by atoms with E-state index in [-0.39, 0.29) is 12.1 Å². The van der Waals surface area contributed by atoms with E-state index < -0.39 is 5.60 Å². The Morgan fingerprint density at radius 1 is 1.41 bits per heavy atom. The number of nitrogens with one attached hydrogen (secondary N) is 2. The van der Waals surface area contributed by atoms with Gasteiger partial charge in [0.2, 0.25) is 0 Å². The smallest absolute Gasteiger partial charge is 0.407 e. The second kappa shape index (κ2) is 4.48. The number of alkyl carbamates (subject to hydrolysis) is 1. The maximum Gasteiger partial charge on any atom is 0.407 e. The van der Waals surface area contributed by atoms with E-state index in [4.69, 9.17) is 4.74 Å². The molecule has 2 aliphatic rings. The lowest BCUT2D eigenvalue weighted by Crippen LogP contribution is -2.41. The van der Waals surface area contributed by atoms with Crippen molar-refractivity contribution in [1.82, 2.24) is 10.6 Å². The molecule has 1 saturated heterocycles. The van der Waals surface area contributed by atoms with Crippen molar-refractivity contribution in [1.29, 1.82) is 0 Å². The molecule has 4 heteroatoms. The molecule has 4 nitrogen and oxygen atoms in total. The lowest BCUT2D eigenvalue weighted by Gasteiger charge is -2.24. The Labute approximate surface area is 103 Å². The first kappa shape index (κ1) is 12.7. The largest absolute Gasteiger partial charge is 0.444 e. The van der Waals surface area contributed by atoms with Crippen molar-refractivity contribution < 1.29 is 9.53 Å². The molecule has 2 fully saturated rings. The second-order valence-corrected chi connectivity index (χ2v) is 6.22. The van der Waals surface area contributed by atoms with Gasteiger partial charge in [-0.05, 0) is 58.0 Å². The highest BCUT2D eigenvalue weighted by Gasteiger charge is 2.56. The number of carbonyl (C=O) groups is 1. The van der Waals surface area contributed by atoms with Gasteiger partial charge >= 0.3 is 6.09 Å². The van der Waals surface area contributed by atoms with Crippen molar-refractivity contribution in [2.45, 2.75) is 45.8 Å². The first-order valence-corrected chi connectivity index (χ1v) is 6.62. The Bertz CT molecular complexity index is 288. The minimum absolute atomic E-state index is 0.276. The van der Waals surface area contributed by atoms with E-state index in [1.165, 1.54) is 0 Å². The van der Waals surface area contributed by atoms with Gasteiger partial charge in [-0.1, -0.05) is 6.92 Å². The quantitative estimate of drug-likeness (QED) is 0.790. The number of ether oxygens (including phenoxy) is 1. The molecule has 0 spiro atoms. The van der Waals surface area contributed by atoms with Crippen LogP contribution in [0.15, 0.2) is 0 Å². The Kier molecular flexibility index (Phi) is 3.34. The predicted molar refractivity (Wildman–Crippen MR) is 66.8 cm³/mol. The van der Waals surface area contributed by atoms with E-state index in [0.29, 0.717) is 5.92 Å². The van der Waals surface area contributed by atoms with Crippen LogP contribution < -0.4 is 10.6 Å². The highest BCUT2D eigenvalue weighted by atomic mass is 16.6. The van der Waals surface area contributed by atoms with Crippen LogP contribution in [0.5, 0.6) is 0 Å². The van der Waals surface area contributed by atoms with E-state index in [1.54, 1.807) is 0 Å². The zero-order chi connectivity index (χ0) is 12.6. The summed E-state index contributed by atoms with van der Waals surface area (Å²) in [5, 5.41) is 6.40. The van der Waals surface area contributed by atoms with Crippen molar-refractivity contribution in [3.63, 3.8) is 0 Å². The Morgan fingerprint density at radius 2 is 2.00 bits per heavy atom. The van der Waals surface area contributed by atoms with Gasteiger partial charge in [0.15, 0.2) is 0 Å². The molecule has 2 rings (SSSR count). The van der Waals surface area contributed by atoms with Gasteiger partial charge in [-0.3, -0.25) is 0 Å². The van der Waals surface area contributed by atoms with E-state index in [2.05, 4.69) is 17.6 Å². The van der Waals surface area contributed by atoms with Crippen LogP contribution in [-0.4, -0.2) is 30.8 Å². The summed E-state index contributed by atoms with van der Waals surface area (Å²) in [6.07, 6.45) is 0.707. The Hall–Kier alpha value is -0.770. The Morgan fingerprint density at radius 3 is 2.47 bits per heavy atom. The van der Waals surface area contributed by atoms with E-state index in [9.17, 15) is 4.79 Å². The maximum absolute atomic E-state index is 11.7. The first-order valence-electron chi connectivity index (χ1n) is 6.62. The van der Waals surface area contributed by atoms with Crippen LogP contribution in [0.2, 0.25) is 0 Å². The molecular weight excluding hydrogens is 216 g/mol. The lowest BCUT2D eigenvalue weighted by atomic mass is 10.1. The highest BCUT2D eigenvalue weighted by molar-refractivity contribution is 5.68. The van der Waals surface area contributed by atoms with Gasteiger partial charge in [0.05, 0.1) is 0 Å². The van der Waals surface area contributed by atoms with Gasteiger partial charge in [-0.15, -0.1) is 0 Å². The van der Waals surface area contributed by atoms with Crippen molar-refractivity contribution in [2.24, 2.45) is 17.8 Å². The van der Waals surface area contributed by atoms with Crippen molar-refractivity contribution in [3.8, 4) is 0 Å². The third kappa shape index (κ3) is 2.92. The average Bonchev–Trinajstić information content (AvgIpc) is 2.67. The minimum atomic E-state index is -0.413. The SMILES string of the molecule is CC[C@H](NC(=O)OC(C)(C)C)C1[C@H]2CNC[C@H]12.